The van der Waals surface area contributed by atoms with Gasteiger partial charge in [-0.15, -0.1) is 0 Å². The van der Waals surface area contributed by atoms with Crippen LogP contribution in [0.15, 0.2) is 12.4 Å². The molecule has 2 aliphatic rings. The average Bonchev–Trinajstić information content (AvgIpc) is 2.90. The normalized spacial score (nSPS) is 20.4. The van der Waals surface area contributed by atoms with Crippen molar-refractivity contribution < 1.29 is 14.4 Å². The lowest BCUT2D eigenvalue weighted by molar-refractivity contribution is -0.131. The number of amides is 4. The maximum atomic E-state index is 12.3. The lowest BCUT2D eigenvalue weighted by atomic mass is 9.96. The Bertz CT molecular complexity index is 777. The first kappa shape index (κ1) is 20.8. The Morgan fingerprint density at radius 1 is 1.21 bits per heavy atom. The Morgan fingerprint density at radius 2 is 1.90 bits per heavy atom. The molecule has 10 nitrogen and oxygen atoms in total. The second-order valence-electron chi connectivity index (χ2n) is 7.88. The third-order valence-electron chi connectivity index (χ3n) is 5.64. The molecule has 2 fully saturated rings. The van der Waals surface area contributed by atoms with Crippen LogP contribution < -0.4 is 15.1 Å². The molecule has 3 rings (SSSR count). The number of nitrogens with one attached hydrogen (secondary N) is 1. The third kappa shape index (κ3) is 4.57. The second-order valence-corrected chi connectivity index (χ2v) is 7.88. The van der Waals surface area contributed by atoms with Gasteiger partial charge in [0.15, 0.2) is 0 Å². The van der Waals surface area contributed by atoms with Gasteiger partial charge >= 0.3 is 6.03 Å². The fraction of sp³-hybridized carbons (Fsp3) is 0.632. The van der Waals surface area contributed by atoms with Gasteiger partial charge in [-0.1, -0.05) is 0 Å². The summed E-state index contributed by atoms with van der Waals surface area (Å²) in [4.78, 5) is 51.6. The molecule has 2 aliphatic heterocycles. The minimum Gasteiger partial charge on any atom is -0.361 e. The van der Waals surface area contributed by atoms with E-state index in [0.717, 1.165) is 42.5 Å². The average molecular weight is 403 g/mol. The smallest absolute Gasteiger partial charge is 0.326 e. The fourth-order valence-electron chi connectivity index (χ4n) is 3.66. The molecule has 3 heterocycles. The SMILES string of the molecule is CN1C(=O)C(CC(=O)NCC2CCN(c3cncc(N(C)C)n3)CC2)N(C)C1=O. The van der Waals surface area contributed by atoms with Gasteiger partial charge < -0.3 is 20.0 Å². The highest BCUT2D eigenvalue weighted by Crippen LogP contribution is 2.22. The van der Waals surface area contributed by atoms with Crippen LogP contribution in [0.25, 0.3) is 0 Å². The molecule has 0 radical (unpaired) electrons. The first-order chi connectivity index (χ1) is 13.8. The molecule has 10 heteroatoms. The number of piperidine rings is 1. The summed E-state index contributed by atoms with van der Waals surface area (Å²) in [6.07, 6.45) is 5.40. The van der Waals surface area contributed by atoms with E-state index in [1.165, 1.54) is 11.9 Å². The minimum atomic E-state index is -0.711. The molecule has 158 valence electrons. The molecule has 2 saturated heterocycles. The van der Waals surface area contributed by atoms with Gasteiger partial charge in [0.2, 0.25) is 5.91 Å². The van der Waals surface area contributed by atoms with Gasteiger partial charge in [-0.25, -0.2) is 9.78 Å². The summed E-state index contributed by atoms with van der Waals surface area (Å²) < 4.78 is 0. The van der Waals surface area contributed by atoms with E-state index >= 15 is 0 Å². The van der Waals surface area contributed by atoms with Crippen LogP contribution in [-0.4, -0.2) is 91.5 Å². The molecule has 0 bridgehead atoms. The lowest BCUT2D eigenvalue weighted by Crippen LogP contribution is -2.41. The van der Waals surface area contributed by atoms with Crippen LogP contribution in [0.1, 0.15) is 19.3 Å². The van der Waals surface area contributed by atoms with Crippen LogP contribution in [0.5, 0.6) is 0 Å². The molecule has 1 N–H and O–H groups in total. The fourth-order valence-corrected chi connectivity index (χ4v) is 3.66. The molecule has 29 heavy (non-hydrogen) atoms. The zero-order valence-corrected chi connectivity index (χ0v) is 17.5. The van der Waals surface area contributed by atoms with Gasteiger partial charge in [0, 0.05) is 47.8 Å². The molecular weight excluding hydrogens is 374 g/mol. The molecule has 0 aromatic carbocycles. The number of nitrogens with zero attached hydrogens (tertiary/aromatic N) is 6. The number of carbonyl (C=O) groups is 3. The predicted molar refractivity (Wildman–Crippen MR) is 109 cm³/mol. The van der Waals surface area contributed by atoms with E-state index in [1.54, 1.807) is 19.4 Å². The number of likely N-dealkylation sites (N-methyl/N-ethyl adjacent to an activating group) is 2. The van der Waals surface area contributed by atoms with Crippen LogP contribution in [0.4, 0.5) is 16.4 Å². The predicted octanol–water partition coefficient (Wildman–Crippen LogP) is 0.158. The number of aromatic nitrogens is 2. The summed E-state index contributed by atoms with van der Waals surface area (Å²) in [5.41, 5.74) is 0. The summed E-state index contributed by atoms with van der Waals surface area (Å²) >= 11 is 0. The zero-order valence-electron chi connectivity index (χ0n) is 17.5. The van der Waals surface area contributed by atoms with E-state index < -0.39 is 6.04 Å². The Kier molecular flexibility index (Phi) is 6.19. The van der Waals surface area contributed by atoms with E-state index in [4.69, 9.17) is 0 Å². The van der Waals surface area contributed by atoms with Crippen molar-refractivity contribution in [3.63, 3.8) is 0 Å². The van der Waals surface area contributed by atoms with Gasteiger partial charge in [0.1, 0.15) is 17.7 Å². The highest BCUT2D eigenvalue weighted by molar-refractivity contribution is 6.05. The molecule has 1 aromatic heterocycles. The summed E-state index contributed by atoms with van der Waals surface area (Å²) in [5, 5.41) is 2.93. The van der Waals surface area contributed by atoms with Gasteiger partial charge in [-0.05, 0) is 18.8 Å². The highest BCUT2D eigenvalue weighted by Gasteiger charge is 2.41. The van der Waals surface area contributed by atoms with Crippen molar-refractivity contribution in [1.29, 1.82) is 0 Å². The Balaban J connectivity index is 1.44. The molecule has 4 amide bonds. The van der Waals surface area contributed by atoms with Crippen molar-refractivity contribution in [2.24, 2.45) is 5.92 Å². The van der Waals surface area contributed by atoms with Crippen LogP contribution in [0, 0.1) is 5.92 Å². The van der Waals surface area contributed by atoms with Crippen LogP contribution in [0.2, 0.25) is 0 Å². The number of hydrogen-bond acceptors (Lipinski definition) is 7. The van der Waals surface area contributed by atoms with Gasteiger partial charge in [0.05, 0.1) is 18.8 Å². The maximum absolute atomic E-state index is 12.3. The van der Waals surface area contributed by atoms with E-state index in [1.807, 2.05) is 19.0 Å². The summed E-state index contributed by atoms with van der Waals surface area (Å²) in [6, 6.07) is -1.08. The van der Waals surface area contributed by atoms with E-state index in [0.29, 0.717) is 12.5 Å². The van der Waals surface area contributed by atoms with Gasteiger partial charge in [-0.3, -0.25) is 19.5 Å². The molecule has 1 aromatic rings. The van der Waals surface area contributed by atoms with E-state index in [9.17, 15) is 14.4 Å². The van der Waals surface area contributed by atoms with Crippen molar-refractivity contribution in [2.45, 2.75) is 25.3 Å². The summed E-state index contributed by atoms with van der Waals surface area (Å²) in [6.45, 7) is 2.29. The zero-order chi connectivity index (χ0) is 21.1. The van der Waals surface area contributed by atoms with Gasteiger partial charge in [0.25, 0.3) is 5.91 Å². The second kappa shape index (κ2) is 8.62. The topological polar surface area (TPSA) is 102 Å². The van der Waals surface area contributed by atoms with Crippen molar-refractivity contribution in [1.82, 2.24) is 25.1 Å². The summed E-state index contributed by atoms with van der Waals surface area (Å²) in [5.74, 6) is 1.54. The van der Waals surface area contributed by atoms with Crippen molar-refractivity contribution in [2.75, 3.05) is 57.6 Å². The number of rotatable bonds is 6. The van der Waals surface area contributed by atoms with Crippen molar-refractivity contribution >= 4 is 29.5 Å². The van der Waals surface area contributed by atoms with Crippen LogP contribution >= 0.6 is 0 Å². The quantitative estimate of drug-likeness (QED) is 0.675. The number of imide groups is 1. The number of urea groups is 1. The minimum absolute atomic E-state index is 0.00280. The molecule has 0 spiro atoms. The Labute approximate surface area is 170 Å². The molecule has 0 saturated carbocycles. The lowest BCUT2D eigenvalue weighted by Gasteiger charge is -2.33. The molecule has 1 atom stereocenters. The van der Waals surface area contributed by atoms with Crippen molar-refractivity contribution in [3.05, 3.63) is 12.4 Å². The van der Waals surface area contributed by atoms with E-state index in [-0.39, 0.29) is 24.3 Å². The van der Waals surface area contributed by atoms with E-state index in [2.05, 4.69) is 20.2 Å². The van der Waals surface area contributed by atoms with Gasteiger partial charge in [-0.2, -0.15) is 0 Å². The molecular formula is C19H29N7O3. The Hall–Kier alpha value is -2.91. The third-order valence-corrected chi connectivity index (χ3v) is 5.64. The number of anilines is 2. The summed E-state index contributed by atoms with van der Waals surface area (Å²) in [7, 11) is 6.86. The number of hydrogen-bond donors (Lipinski definition) is 1. The maximum Gasteiger partial charge on any atom is 0.326 e. The first-order valence-corrected chi connectivity index (χ1v) is 9.83. The standard InChI is InChI=1S/C19H29N7O3/c1-23(2)15-11-20-12-16(22-15)26-7-5-13(6-8-26)10-21-17(27)9-14-18(28)25(4)19(29)24(14)3/h11-14H,5-10H2,1-4H3,(H,21,27). The molecule has 1 unspecified atom stereocenters. The Morgan fingerprint density at radius 3 is 2.48 bits per heavy atom. The monoisotopic (exact) mass is 403 g/mol. The largest absolute Gasteiger partial charge is 0.361 e. The first-order valence-electron chi connectivity index (χ1n) is 9.83. The highest BCUT2D eigenvalue weighted by atomic mass is 16.2. The van der Waals surface area contributed by atoms with Crippen LogP contribution in [0.3, 0.4) is 0 Å². The number of carbonyl (C=O) groups excluding carboxylic acids is 3. The van der Waals surface area contributed by atoms with Crippen molar-refractivity contribution in [3.8, 4) is 0 Å². The molecule has 0 aliphatic carbocycles. The van der Waals surface area contributed by atoms with Crippen LogP contribution in [-0.2, 0) is 9.59 Å².